The van der Waals surface area contributed by atoms with E-state index in [9.17, 15) is 4.79 Å². The number of fused-ring (bicyclic) bond motifs is 2. The van der Waals surface area contributed by atoms with Gasteiger partial charge in [-0.3, -0.25) is 9.48 Å². The quantitative estimate of drug-likeness (QED) is 0.496. The molecular formula is C26H39ClN8O2. The largest absolute Gasteiger partial charge is 0.379 e. The predicted octanol–water partition coefficient (Wildman–Crippen LogP) is 3.86. The number of anilines is 3. The van der Waals surface area contributed by atoms with Crippen LogP contribution in [0.4, 0.5) is 17.5 Å². The Balaban J connectivity index is 1.17. The fraction of sp³-hybridized carbons (Fsp3) is 0.692. The Morgan fingerprint density at radius 3 is 2.73 bits per heavy atom. The van der Waals surface area contributed by atoms with Crippen molar-refractivity contribution < 1.29 is 9.53 Å². The van der Waals surface area contributed by atoms with Crippen LogP contribution in [0.25, 0.3) is 0 Å². The average molecular weight is 531 g/mol. The van der Waals surface area contributed by atoms with Crippen LogP contribution in [-0.4, -0.2) is 87.4 Å². The highest BCUT2D eigenvalue weighted by atomic mass is 35.5. The molecule has 3 saturated heterocycles. The van der Waals surface area contributed by atoms with Crippen molar-refractivity contribution in [3.05, 3.63) is 23.1 Å². The predicted molar refractivity (Wildman–Crippen MR) is 144 cm³/mol. The first-order valence-electron chi connectivity index (χ1n) is 13.4. The molecule has 2 aromatic heterocycles. The number of carbonyl (C=O) groups is 1. The van der Waals surface area contributed by atoms with Crippen LogP contribution in [0, 0.1) is 12.3 Å². The molecule has 3 aliphatic rings. The first-order chi connectivity index (χ1) is 17.7. The van der Waals surface area contributed by atoms with Crippen molar-refractivity contribution >= 4 is 35.0 Å². The minimum atomic E-state index is -0.487. The van der Waals surface area contributed by atoms with Gasteiger partial charge in [-0.05, 0) is 59.9 Å². The van der Waals surface area contributed by atoms with E-state index < -0.39 is 5.41 Å². The third kappa shape index (κ3) is 5.71. The van der Waals surface area contributed by atoms with Crippen LogP contribution >= 0.6 is 11.6 Å². The van der Waals surface area contributed by atoms with E-state index in [1.165, 1.54) is 12.8 Å². The van der Waals surface area contributed by atoms with Gasteiger partial charge in [0.2, 0.25) is 11.9 Å². The Kier molecular flexibility index (Phi) is 7.60. The van der Waals surface area contributed by atoms with Gasteiger partial charge in [-0.2, -0.15) is 10.1 Å². The molecule has 0 saturated carbocycles. The molecule has 3 aliphatic heterocycles. The van der Waals surface area contributed by atoms with Gasteiger partial charge in [0.05, 0.1) is 42.2 Å². The van der Waals surface area contributed by atoms with E-state index in [4.69, 9.17) is 21.4 Å². The molecule has 0 spiro atoms. The lowest BCUT2D eigenvalue weighted by molar-refractivity contribution is -0.139. The van der Waals surface area contributed by atoms with Crippen molar-refractivity contribution in [1.29, 1.82) is 0 Å². The van der Waals surface area contributed by atoms with Crippen molar-refractivity contribution in [2.45, 2.75) is 71.0 Å². The molecule has 11 heteroatoms. The van der Waals surface area contributed by atoms with Crippen LogP contribution in [0.1, 0.15) is 57.7 Å². The normalized spacial score (nSPS) is 25.8. The van der Waals surface area contributed by atoms with Gasteiger partial charge in [0.15, 0.2) is 0 Å². The fourth-order valence-electron chi connectivity index (χ4n) is 5.85. The number of nitrogens with zero attached hydrogens (tertiary/aromatic N) is 6. The van der Waals surface area contributed by atoms with Gasteiger partial charge in [-0.1, -0.05) is 11.6 Å². The Labute approximate surface area is 224 Å². The van der Waals surface area contributed by atoms with Crippen molar-refractivity contribution in [2.24, 2.45) is 5.41 Å². The molecule has 2 atom stereocenters. The van der Waals surface area contributed by atoms with Gasteiger partial charge in [0.1, 0.15) is 10.8 Å². The molecule has 0 aromatic carbocycles. The highest BCUT2D eigenvalue weighted by Crippen LogP contribution is 2.40. The monoisotopic (exact) mass is 530 g/mol. The zero-order valence-corrected chi connectivity index (χ0v) is 23.1. The number of halogens is 1. The molecule has 2 bridgehead atoms. The number of carbonyl (C=O) groups excluding carboxylic acids is 1. The summed E-state index contributed by atoms with van der Waals surface area (Å²) in [5.41, 5.74) is 1.34. The Morgan fingerprint density at radius 1 is 1.22 bits per heavy atom. The zero-order valence-electron chi connectivity index (χ0n) is 22.3. The van der Waals surface area contributed by atoms with Crippen LogP contribution in [0.15, 0.2) is 12.4 Å². The third-order valence-electron chi connectivity index (χ3n) is 8.09. The summed E-state index contributed by atoms with van der Waals surface area (Å²) in [6.45, 7) is 8.83. The first kappa shape index (κ1) is 26.2. The molecule has 3 fully saturated rings. The minimum Gasteiger partial charge on any atom is -0.379 e. The Morgan fingerprint density at radius 2 is 1.97 bits per heavy atom. The number of hydrogen-bond donors (Lipinski definition) is 2. The number of rotatable bonds is 8. The van der Waals surface area contributed by atoms with Crippen LogP contribution in [0.5, 0.6) is 0 Å². The van der Waals surface area contributed by atoms with Gasteiger partial charge in [0, 0.05) is 37.9 Å². The number of aryl methyl sites for hydroxylation is 1. The first-order valence-corrected chi connectivity index (χ1v) is 13.8. The second-order valence-electron chi connectivity index (χ2n) is 11.3. The lowest BCUT2D eigenvalue weighted by Gasteiger charge is -2.36. The molecule has 37 heavy (non-hydrogen) atoms. The summed E-state index contributed by atoms with van der Waals surface area (Å²) < 4.78 is 7.72. The maximum absolute atomic E-state index is 12.7. The highest BCUT2D eigenvalue weighted by Gasteiger charge is 2.39. The number of amides is 1. The van der Waals surface area contributed by atoms with Gasteiger partial charge < -0.3 is 25.2 Å². The summed E-state index contributed by atoms with van der Waals surface area (Å²) in [5.74, 6) is 1.18. The molecule has 0 aliphatic carbocycles. The number of ether oxygens (including phenoxy) is 1. The van der Waals surface area contributed by atoms with E-state index in [1.807, 2.05) is 25.7 Å². The molecule has 10 nitrogen and oxygen atoms in total. The zero-order chi connectivity index (χ0) is 26.2. The summed E-state index contributed by atoms with van der Waals surface area (Å²) in [7, 11) is 2.26. The molecule has 5 rings (SSSR count). The molecular weight excluding hydrogens is 492 g/mol. The topological polar surface area (TPSA) is 100 Å². The molecule has 0 radical (unpaired) electrons. The molecule has 1 amide bonds. The molecule has 2 N–H and O–H groups in total. The van der Waals surface area contributed by atoms with Gasteiger partial charge in [-0.15, -0.1) is 0 Å². The maximum Gasteiger partial charge on any atom is 0.230 e. The minimum absolute atomic E-state index is 0.139. The van der Waals surface area contributed by atoms with E-state index in [-0.39, 0.29) is 5.91 Å². The van der Waals surface area contributed by atoms with Crippen LogP contribution in [0.2, 0.25) is 5.02 Å². The van der Waals surface area contributed by atoms with E-state index >= 15 is 0 Å². The third-order valence-corrected chi connectivity index (χ3v) is 8.36. The summed E-state index contributed by atoms with van der Waals surface area (Å²) in [4.78, 5) is 26.2. The van der Waals surface area contributed by atoms with Gasteiger partial charge in [-0.25, -0.2) is 4.98 Å². The number of piperidine rings is 1. The molecule has 202 valence electrons. The number of aromatic nitrogens is 4. The SMILES string of the molecule is Cc1nn(C2CC3CCC(C2)N3C)cc1Nc1ncc(Cl)c(NCCCN2CCOCC(C)(C)C2=O)n1. The summed E-state index contributed by atoms with van der Waals surface area (Å²) in [6.07, 6.45) is 9.33. The van der Waals surface area contributed by atoms with Crippen molar-refractivity contribution in [3.63, 3.8) is 0 Å². The van der Waals surface area contributed by atoms with Crippen LogP contribution < -0.4 is 10.6 Å². The number of hydrogen-bond acceptors (Lipinski definition) is 8. The molecule has 2 aromatic rings. The van der Waals surface area contributed by atoms with Crippen LogP contribution in [0.3, 0.4) is 0 Å². The van der Waals surface area contributed by atoms with E-state index in [1.54, 1.807) is 6.20 Å². The van der Waals surface area contributed by atoms with E-state index in [2.05, 4.69) is 43.4 Å². The van der Waals surface area contributed by atoms with Crippen molar-refractivity contribution in [3.8, 4) is 0 Å². The summed E-state index contributed by atoms with van der Waals surface area (Å²) >= 11 is 6.37. The smallest absolute Gasteiger partial charge is 0.230 e. The second kappa shape index (κ2) is 10.7. The summed E-state index contributed by atoms with van der Waals surface area (Å²) in [5, 5.41) is 11.9. The Bertz CT molecular complexity index is 1110. The Hall–Kier alpha value is -2.43. The highest BCUT2D eigenvalue weighted by molar-refractivity contribution is 6.32. The molecule has 5 heterocycles. The fourth-order valence-corrected chi connectivity index (χ4v) is 6.00. The van der Waals surface area contributed by atoms with E-state index in [0.717, 1.165) is 30.6 Å². The van der Waals surface area contributed by atoms with E-state index in [0.29, 0.717) is 67.8 Å². The average Bonchev–Trinajstić information content (AvgIpc) is 3.25. The van der Waals surface area contributed by atoms with Crippen LogP contribution in [-0.2, 0) is 9.53 Å². The standard InChI is InChI=1S/C26H39ClN8O2/c1-17-22(15-35(32-17)20-12-18-6-7-19(13-20)33(18)4)30-25-29-14-21(27)23(31-25)28-8-5-9-34-10-11-37-16-26(2,3)24(34)36/h14-15,18-20H,5-13,16H2,1-4H3,(H2,28,29,30,31). The summed E-state index contributed by atoms with van der Waals surface area (Å²) in [6, 6.07) is 1.75. The van der Waals surface area contributed by atoms with Crippen molar-refractivity contribution in [2.75, 3.05) is 50.5 Å². The maximum atomic E-state index is 12.7. The van der Waals surface area contributed by atoms with Gasteiger partial charge >= 0.3 is 0 Å². The number of nitrogens with one attached hydrogen (secondary N) is 2. The second-order valence-corrected chi connectivity index (χ2v) is 11.7. The lowest BCUT2D eigenvalue weighted by Crippen LogP contribution is -2.42. The van der Waals surface area contributed by atoms with Gasteiger partial charge in [0.25, 0.3) is 0 Å². The van der Waals surface area contributed by atoms with Crippen molar-refractivity contribution in [1.82, 2.24) is 29.5 Å². The lowest BCUT2D eigenvalue weighted by atomic mass is 9.93. The molecule has 2 unspecified atom stereocenters.